The summed E-state index contributed by atoms with van der Waals surface area (Å²) >= 11 is 0. The van der Waals surface area contributed by atoms with Crippen LogP contribution < -0.4 is 0 Å². The van der Waals surface area contributed by atoms with Gasteiger partial charge in [-0.15, -0.1) is 0 Å². The number of phenols is 1. The highest BCUT2D eigenvalue weighted by Crippen LogP contribution is 2.41. The summed E-state index contributed by atoms with van der Waals surface area (Å²) in [6.07, 6.45) is 1.18. The molecule has 110 valence electrons. The average Bonchev–Trinajstić information content (AvgIpc) is 2.26. The standard InChI is InChI=1S/C18H26O2/c1-12(8-9-19)13-10-14(17(2,3)4)16(20)15(11-13)18(5,6)7/h9-11,20H,1,8H2,2-7H3. The van der Waals surface area contributed by atoms with E-state index in [0.29, 0.717) is 12.2 Å². The fraction of sp³-hybridized carbons (Fsp3) is 0.500. The maximum atomic E-state index is 10.7. The van der Waals surface area contributed by atoms with Crippen molar-refractivity contribution in [2.75, 3.05) is 0 Å². The van der Waals surface area contributed by atoms with Crippen LogP contribution in [0.1, 0.15) is 64.7 Å². The first kappa shape index (κ1) is 16.5. The number of carbonyl (C=O) groups excluding carboxylic acids is 1. The second kappa shape index (κ2) is 5.43. The van der Waals surface area contributed by atoms with E-state index in [9.17, 15) is 9.90 Å². The van der Waals surface area contributed by atoms with Gasteiger partial charge >= 0.3 is 0 Å². The number of rotatable bonds is 3. The molecule has 0 aliphatic carbocycles. The summed E-state index contributed by atoms with van der Waals surface area (Å²) in [7, 11) is 0. The summed E-state index contributed by atoms with van der Waals surface area (Å²) < 4.78 is 0. The molecule has 1 N–H and O–H groups in total. The maximum Gasteiger partial charge on any atom is 0.124 e. The minimum absolute atomic E-state index is 0.165. The van der Waals surface area contributed by atoms with Gasteiger partial charge in [-0.2, -0.15) is 0 Å². The van der Waals surface area contributed by atoms with Gasteiger partial charge in [-0.1, -0.05) is 48.1 Å². The van der Waals surface area contributed by atoms with Gasteiger partial charge in [0.15, 0.2) is 0 Å². The topological polar surface area (TPSA) is 37.3 Å². The maximum absolute atomic E-state index is 10.7. The fourth-order valence-corrected chi connectivity index (χ4v) is 2.20. The van der Waals surface area contributed by atoms with Crippen LogP contribution in [0, 0.1) is 0 Å². The molecule has 0 aromatic heterocycles. The van der Waals surface area contributed by atoms with E-state index >= 15 is 0 Å². The van der Waals surface area contributed by atoms with Crippen molar-refractivity contribution in [2.24, 2.45) is 0 Å². The molecule has 0 spiro atoms. The van der Waals surface area contributed by atoms with Crippen molar-refractivity contribution in [3.8, 4) is 5.75 Å². The zero-order chi connectivity index (χ0) is 15.7. The minimum Gasteiger partial charge on any atom is -0.507 e. The number of aromatic hydroxyl groups is 1. The molecule has 1 rings (SSSR count). The molecule has 0 saturated heterocycles. The van der Waals surface area contributed by atoms with Crippen molar-refractivity contribution in [1.29, 1.82) is 0 Å². The van der Waals surface area contributed by atoms with Gasteiger partial charge in [-0.05, 0) is 34.1 Å². The molecule has 1 aromatic rings. The van der Waals surface area contributed by atoms with Gasteiger partial charge in [0.1, 0.15) is 12.0 Å². The molecule has 0 saturated carbocycles. The molecule has 0 aliphatic heterocycles. The lowest BCUT2D eigenvalue weighted by Crippen LogP contribution is -2.17. The quantitative estimate of drug-likeness (QED) is 0.818. The van der Waals surface area contributed by atoms with Gasteiger partial charge in [0, 0.05) is 17.5 Å². The van der Waals surface area contributed by atoms with Gasteiger partial charge in [0.05, 0.1) is 0 Å². The molecule has 0 radical (unpaired) electrons. The molecule has 0 atom stereocenters. The van der Waals surface area contributed by atoms with Crippen LogP contribution in [0.2, 0.25) is 0 Å². The predicted octanol–water partition coefficient (Wildman–Crippen LogP) is 4.59. The Morgan fingerprint density at radius 2 is 1.50 bits per heavy atom. The van der Waals surface area contributed by atoms with E-state index in [2.05, 4.69) is 48.1 Å². The molecule has 2 nitrogen and oxygen atoms in total. The van der Waals surface area contributed by atoms with E-state index in [-0.39, 0.29) is 10.8 Å². The van der Waals surface area contributed by atoms with Crippen LogP contribution in [0.5, 0.6) is 5.75 Å². The summed E-state index contributed by atoms with van der Waals surface area (Å²) in [4.78, 5) is 10.7. The minimum atomic E-state index is -0.165. The van der Waals surface area contributed by atoms with Crippen molar-refractivity contribution >= 4 is 11.9 Å². The molecule has 0 heterocycles. The number of phenolic OH excluding ortho intramolecular Hbond substituents is 1. The van der Waals surface area contributed by atoms with Crippen LogP contribution in [0.4, 0.5) is 0 Å². The summed E-state index contributed by atoms with van der Waals surface area (Å²) in [5.41, 5.74) is 3.18. The number of allylic oxidation sites excluding steroid dienone is 1. The Hall–Kier alpha value is -1.57. The number of carbonyl (C=O) groups is 1. The Morgan fingerprint density at radius 1 is 1.10 bits per heavy atom. The van der Waals surface area contributed by atoms with Crippen LogP contribution in [0.25, 0.3) is 5.57 Å². The first-order valence-electron chi connectivity index (χ1n) is 6.98. The van der Waals surface area contributed by atoms with E-state index in [1.165, 1.54) is 0 Å². The zero-order valence-corrected chi connectivity index (χ0v) is 13.5. The molecule has 0 bridgehead atoms. The fourth-order valence-electron chi connectivity index (χ4n) is 2.20. The summed E-state index contributed by atoms with van der Waals surface area (Å²) in [6.45, 7) is 16.4. The van der Waals surface area contributed by atoms with E-state index in [4.69, 9.17) is 0 Å². The lowest BCUT2D eigenvalue weighted by molar-refractivity contribution is -0.107. The molecule has 0 aliphatic rings. The smallest absolute Gasteiger partial charge is 0.124 e. The molecular weight excluding hydrogens is 248 g/mol. The van der Waals surface area contributed by atoms with Crippen molar-refractivity contribution in [3.63, 3.8) is 0 Å². The van der Waals surface area contributed by atoms with Crippen molar-refractivity contribution in [2.45, 2.75) is 58.8 Å². The van der Waals surface area contributed by atoms with Crippen LogP contribution in [-0.4, -0.2) is 11.4 Å². The van der Waals surface area contributed by atoms with Gasteiger partial charge in [-0.25, -0.2) is 0 Å². The highest BCUT2D eigenvalue weighted by molar-refractivity contribution is 5.77. The Labute approximate surface area is 122 Å². The predicted molar refractivity (Wildman–Crippen MR) is 85.2 cm³/mol. The van der Waals surface area contributed by atoms with Crippen LogP contribution in [0.3, 0.4) is 0 Å². The molecule has 2 heteroatoms. The third-order valence-corrected chi connectivity index (χ3v) is 3.46. The molecule has 0 fully saturated rings. The first-order chi connectivity index (χ1) is 8.98. The number of aldehydes is 1. The lowest BCUT2D eigenvalue weighted by Gasteiger charge is -2.28. The molecule has 0 amide bonds. The third-order valence-electron chi connectivity index (χ3n) is 3.46. The summed E-state index contributed by atoms with van der Waals surface area (Å²) in [5, 5.41) is 10.6. The second-order valence-corrected chi connectivity index (χ2v) is 7.39. The van der Waals surface area contributed by atoms with Crippen LogP contribution >= 0.6 is 0 Å². The molecule has 1 aromatic carbocycles. The Bertz CT molecular complexity index is 490. The van der Waals surface area contributed by atoms with E-state index in [1.807, 2.05) is 12.1 Å². The van der Waals surface area contributed by atoms with E-state index < -0.39 is 0 Å². The first-order valence-corrected chi connectivity index (χ1v) is 6.98. The van der Waals surface area contributed by atoms with Crippen LogP contribution in [-0.2, 0) is 15.6 Å². The monoisotopic (exact) mass is 274 g/mol. The Balaban J connectivity index is 3.58. The normalized spacial score (nSPS) is 12.3. The lowest BCUT2D eigenvalue weighted by atomic mass is 9.77. The second-order valence-electron chi connectivity index (χ2n) is 7.39. The van der Waals surface area contributed by atoms with Gasteiger partial charge < -0.3 is 9.90 Å². The number of hydrogen-bond donors (Lipinski definition) is 1. The van der Waals surface area contributed by atoms with Crippen molar-refractivity contribution in [3.05, 3.63) is 35.4 Å². The highest BCUT2D eigenvalue weighted by atomic mass is 16.3. The highest BCUT2D eigenvalue weighted by Gasteiger charge is 2.26. The van der Waals surface area contributed by atoms with E-state index in [0.717, 1.165) is 28.5 Å². The average molecular weight is 274 g/mol. The van der Waals surface area contributed by atoms with Gasteiger partial charge in [0.25, 0.3) is 0 Å². The zero-order valence-electron chi connectivity index (χ0n) is 13.5. The number of hydrogen-bond acceptors (Lipinski definition) is 2. The third kappa shape index (κ3) is 3.50. The SMILES string of the molecule is C=C(CC=O)c1cc(C(C)(C)C)c(O)c(C(C)(C)C)c1. The van der Waals surface area contributed by atoms with Gasteiger partial charge in [0.2, 0.25) is 0 Å². The summed E-state index contributed by atoms with van der Waals surface area (Å²) in [5.74, 6) is 0.354. The van der Waals surface area contributed by atoms with Gasteiger partial charge in [-0.3, -0.25) is 0 Å². The Morgan fingerprint density at radius 3 is 1.80 bits per heavy atom. The van der Waals surface area contributed by atoms with Crippen molar-refractivity contribution in [1.82, 2.24) is 0 Å². The van der Waals surface area contributed by atoms with E-state index in [1.54, 1.807) is 0 Å². The van der Waals surface area contributed by atoms with Crippen LogP contribution in [0.15, 0.2) is 18.7 Å². The Kier molecular flexibility index (Phi) is 4.48. The van der Waals surface area contributed by atoms with Crippen molar-refractivity contribution < 1.29 is 9.90 Å². The largest absolute Gasteiger partial charge is 0.507 e. The summed E-state index contributed by atoms with van der Waals surface area (Å²) in [6, 6.07) is 3.91. The molecular formula is C18H26O2. The molecule has 0 unspecified atom stereocenters. The molecule has 20 heavy (non-hydrogen) atoms. The number of benzene rings is 1.